The molecule has 31 heavy (non-hydrogen) atoms. The quantitative estimate of drug-likeness (QED) is 0.623. The number of benzene rings is 1. The summed E-state index contributed by atoms with van der Waals surface area (Å²) in [7, 11) is 2.26. The Balaban J connectivity index is 1.42. The summed E-state index contributed by atoms with van der Waals surface area (Å²) in [5, 5.41) is 3.62. The second-order valence-electron chi connectivity index (χ2n) is 8.79. The van der Waals surface area contributed by atoms with Crippen LogP contribution >= 0.6 is 23.2 Å². The Bertz CT molecular complexity index is 786. The molecule has 1 N–H and O–H groups in total. The maximum absolute atomic E-state index is 12.5. The number of amides is 2. The second-order valence-corrected chi connectivity index (χ2v) is 9.61. The van der Waals surface area contributed by atoms with Gasteiger partial charge in [0.25, 0.3) is 0 Å². The van der Waals surface area contributed by atoms with E-state index < -0.39 is 0 Å². The van der Waals surface area contributed by atoms with E-state index >= 15 is 0 Å². The first kappa shape index (κ1) is 24.1. The van der Waals surface area contributed by atoms with Crippen molar-refractivity contribution >= 4 is 41.1 Å². The summed E-state index contributed by atoms with van der Waals surface area (Å²) in [5.74, 6) is 0.372. The van der Waals surface area contributed by atoms with E-state index in [9.17, 15) is 9.59 Å². The van der Waals surface area contributed by atoms with Crippen LogP contribution in [0, 0.1) is 5.92 Å². The van der Waals surface area contributed by atoms with Crippen molar-refractivity contribution in [1.82, 2.24) is 15.1 Å². The fraction of sp³-hybridized carbons (Fsp3) is 0.583. The number of halogens is 2. The van der Waals surface area contributed by atoms with Crippen LogP contribution in [-0.2, 0) is 9.59 Å². The van der Waals surface area contributed by atoms with Crippen molar-refractivity contribution in [2.75, 3.05) is 26.7 Å². The van der Waals surface area contributed by atoms with E-state index in [-0.39, 0.29) is 18.4 Å². The van der Waals surface area contributed by atoms with Crippen molar-refractivity contribution in [3.8, 4) is 0 Å². The largest absolute Gasteiger partial charge is 0.343 e. The van der Waals surface area contributed by atoms with Gasteiger partial charge >= 0.3 is 0 Å². The molecule has 1 saturated heterocycles. The van der Waals surface area contributed by atoms with Gasteiger partial charge in [-0.05, 0) is 56.9 Å². The molecule has 2 amide bonds. The number of rotatable bonds is 6. The average molecular weight is 466 g/mol. The van der Waals surface area contributed by atoms with Crippen molar-refractivity contribution in [2.24, 2.45) is 5.92 Å². The Morgan fingerprint density at radius 2 is 1.77 bits per heavy atom. The lowest BCUT2D eigenvalue weighted by Crippen LogP contribution is -2.51. The molecule has 170 valence electrons. The fourth-order valence-electron chi connectivity index (χ4n) is 4.86. The van der Waals surface area contributed by atoms with Gasteiger partial charge in [-0.1, -0.05) is 49.0 Å². The van der Waals surface area contributed by atoms with Crippen molar-refractivity contribution in [1.29, 1.82) is 0 Å². The van der Waals surface area contributed by atoms with Gasteiger partial charge in [0.05, 0.1) is 6.54 Å². The maximum atomic E-state index is 12.5. The Labute approximate surface area is 195 Å². The third-order valence-corrected chi connectivity index (χ3v) is 7.46. The highest BCUT2D eigenvalue weighted by Crippen LogP contribution is 2.30. The summed E-state index contributed by atoms with van der Waals surface area (Å²) in [6.07, 6.45) is 10.2. The summed E-state index contributed by atoms with van der Waals surface area (Å²) in [6, 6.07) is 6.37. The second kappa shape index (κ2) is 11.3. The van der Waals surface area contributed by atoms with Gasteiger partial charge in [-0.15, -0.1) is 0 Å². The highest BCUT2D eigenvalue weighted by atomic mass is 35.5. The fourth-order valence-corrected chi connectivity index (χ4v) is 5.38. The monoisotopic (exact) mass is 465 g/mol. The number of likely N-dealkylation sites (tertiary alicyclic amines) is 1. The molecule has 0 bridgehead atoms. The molecule has 1 aromatic rings. The minimum absolute atomic E-state index is 0.000404. The highest BCUT2D eigenvalue weighted by Gasteiger charge is 2.32. The molecule has 0 spiro atoms. The summed E-state index contributed by atoms with van der Waals surface area (Å²) in [4.78, 5) is 29.1. The van der Waals surface area contributed by atoms with E-state index in [1.165, 1.54) is 31.8 Å². The third-order valence-electron chi connectivity index (χ3n) is 6.80. The highest BCUT2D eigenvalue weighted by molar-refractivity contribution is 6.37. The van der Waals surface area contributed by atoms with Gasteiger partial charge < -0.3 is 15.1 Å². The maximum Gasteiger partial charge on any atom is 0.244 e. The standard InChI is InChI=1S/C24H33Cl2N3O2/c1-17-6-3-4-9-22(17)28(2)18-12-14-29(15-13-18)24(31)16-27-23(30)11-10-19-20(25)7-5-8-21(19)26/h5,7-8,10-11,17-18,22H,3-4,6,9,12-16H2,1-2H3,(H,27,30)/b11-10+/t17-,22+/m0/s1. The summed E-state index contributed by atoms with van der Waals surface area (Å²) in [6.45, 7) is 3.86. The number of carbonyl (C=O) groups excluding carboxylic acids is 2. The predicted molar refractivity (Wildman–Crippen MR) is 127 cm³/mol. The molecule has 2 atom stereocenters. The summed E-state index contributed by atoms with van der Waals surface area (Å²) >= 11 is 12.2. The molecule has 1 heterocycles. The molecule has 0 unspecified atom stereocenters. The molecule has 1 aromatic carbocycles. The van der Waals surface area contributed by atoms with Gasteiger partial charge in [0.1, 0.15) is 0 Å². The lowest BCUT2D eigenvalue weighted by atomic mass is 9.84. The molecular formula is C24H33Cl2N3O2. The van der Waals surface area contributed by atoms with Crippen LogP contribution in [0.15, 0.2) is 24.3 Å². The van der Waals surface area contributed by atoms with Crippen LogP contribution in [0.1, 0.15) is 51.0 Å². The predicted octanol–water partition coefficient (Wildman–Crippen LogP) is 4.62. The molecule has 0 aromatic heterocycles. The first-order chi connectivity index (χ1) is 14.9. The van der Waals surface area contributed by atoms with Crippen LogP contribution in [0.25, 0.3) is 6.08 Å². The number of nitrogens with one attached hydrogen (secondary N) is 1. The van der Waals surface area contributed by atoms with E-state index in [4.69, 9.17) is 23.2 Å². The molecule has 7 heteroatoms. The van der Waals surface area contributed by atoms with Gasteiger partial charge in [-0.25, -0.2) is 0 Å². The van der Waals surface area contributed by atoms with Gasteiger partial charge in [0, 0.05) is 46.9 Å². The Morgan fingerprint density at radius 3 is 2.42 bits per heavy atom. The van der Waals surface area contributed by atoms with Crippen LogP contribution in [0.4, 0.5) is 0 Å². The first-order valence-corrected chi connectivity index (χ1v) is 12.0. The Morgan fingerprint density at radius 1 is 1.13 bits per heavy atom. The normalized spacial score (nSPS) is 22.8. The SMILES string of the molecule is C[C@H]1CCCC[C@H]1N(C)C1CCN(C(=O)CNC(=O)/C=C/c2c(Cl)cccc2Cl)CC1. The topological polar surface area (TPSA) is 52.6 Å². The van der Waals surface area contributed by atoms with Crippen molar-refractivity contribution < 1.29 is 9.59 Å². The third kappa shape index (κ3) is 6.47. The van der Waals surface area contributed by atoms with Crippen molar-refractivity contribution in [3.63, 3.8) is 0 Å². The van der Waals surface area contributed by atoms with E-state index in [2.05, 4.69) is 24.2 Å². The molecule has 1 aliphatic heterocycles. The van der Waals surface area contributed by atoms with Gasteiger partial charge in [-0.3, -0.25) is 9.59 Å². The number of hydrogen-bond donors (Lipinski definition) is 1. The van der Waals surface area contributed by atoms with Crippen LogP contribution < -0.4 is 5.32 Å². The van der Waals surface area contributed by atoms with Crippen LogP contribution in [0.2, 0.25) is 10.0 Å². The van der Waals surface area contributed by atoms with Gasteiger partial charge in [0.2, 0.25) is 11.8 Å². The average Bonchev–Trinajstić information content (AvgIpc) is 2.77. The summed E-state index contributed by atoms with van der Waals surface area (Å²) < 4.78 is 0. The molecule has 1 saturated carbocycles. The molecule has 2 aliphatic rings. The molecule has 0 radical (unpaired) electrons. The van der Waals surface area contributed by atoms with Crippen LogP contribution in [0.3, 0.4) is 0 Å². The lowest BCUT2D eigenvalue weighted by Gasteiger charge is -2.44. The number of carbonyl (C=O) groups is 2. The summed E-state index contributed by atoms with van der Waals surface area (Å²) in [5.41, 5.74) is 0.589. The van der Waals surface area contributed by atoms with Crippen LogP contribution in [-0.4, -0.2) is 60.4 Å². The minimum Gasteiger partial charge on any atom is -0.343 e. The van der Waals surface area contributed by atoms with Crippen LogP contribution in [0.5, 0.6) is 0 Å². The molecule has 5 nitrogen and oxygen atoms in total. The van der Waals surface area contributed by atoms with E-state index in [1.54, 1.807) is 24.3 Å². The van der Waals surface area contributed by atoms with Gasteiger partial charge in [0.15, 0.2) is 0 Å². The molecule has 1 aliphatic carbocycles. The van der Waals surface area contributed by atoms with E-state index in [0.29, 0.717) is 27.7 Å². The number of hydrogen-bond acceptors (Lipinski definition) is 3. The number of nitrogens with zero attached hydrogens (tertiary/aromatic N) is 2. The first-order valence-electron chi connectivity index (χ1n) is 11.3. The van der Waals surface area contributed by atoms with Gasteiger partial charge in [-0.2, -0.15) is 0 Å². The molecule has 2 fully saturated rings. The number of piperidine rings is 1. The zero-order valence-electron chi connectivity index (χ0n) is 18.4. The molecule has 3 rings (SSSR count). The van der Waals surface area contributed by atoms with E-state index in [0.717, 1.165) is 31.8 Å². The smallest absolute Gasteiger partial charge is 0.244 e. The molecular weight excluding hydrogens is 433 g/mol. The Hall–Kier alpha value is -1.56. The van der Waals surface area contributed by atoms with Crippen molar-refractivity contribution in [2.45, 2.75) is 57.5 Å². The zero-order valence-corrected chi connectivity index (χ0v) is 20.0. The minimum atomic E-state index is -0.342. The zero-order chi connectivity index (χ0) is 22.4. The van der Waals surface area contributed by atoms with Crippen molar-refractivity contribution in [3.05, 3.63) is 39.9 Å². The van der Waals surface area contributed by atoms with E-state index in [1.807, 2.05) is 4.90 Å². The lowest BCUT2D eigenvalue weighted by molar-refractivity contribution is -0.133. The Kier molecular flexibility index (Phi) is 8.82.